The summed E-state index contributed by atoms with van der Waals surface area (Å²) in [5, 5.41) is 0. The largest absolute Gasteiger partial charge is 0.497 e. The van der Waals surface area contributed by atoms with Crippen LogP contribution in [0.3, 0.4) is 0 Å². The van der Waals surface area contributed by atoms with E-state index in [-0.39, 0.29) is 11.8 Å². The fourth-order valence-electron chi connectivity index (χ4n) is 6.79. The maximum Gasteiger partial charge on any atom is 0.421 e. The maximum absolute atomic E-state index is 15.0. The zero-order valence-corrected chi connectivity index (χ0v) is 24.4. The second-order valence-electron chi connectivity index (χ2n) is 12.4. The van der Waals surface area contributed by atoms with Gasteiger partial charge in [0, 0.05) is 17.1 Å². The molecule has 2 atom stereocenters. The number of imide groups is 1. The minimum absolute atomic E-state index is 0.109. The fraction of sp³-hybridized carbons (Fsp3) is 0.314. The molecule has 210 valence electrons. The lowest BCUT2D eigenvalue weighted by Crippen LogP contribution is -2.57. The van der Waals surface area contributed by atoms with E-state index < -0.39 is 22.5 Å². The molecule has 0 fully saturated rings. The van der Waals surface area contributed by atoms with Crippen LogP contribution in [0.2, 0.25) is 0 Å². The number of benzene rings is 3. The molecule has 0 N–H and O–H groups in total. The highest BCUT2D eigenvalue weighted by Gasteiger charge is 2.68. The molecular weight excluding hydrogens is 514 g/mol. The average molecular weight is 550 g/mol. The summed E-state index contributed by atoms with van der Waals surface area (Å²) in [6.07, 6.45) is 1.46. The molecule has 3 aromatic rings. The number of hydrogen-bond acceptors (Lipinski definition) is 5. The Hall–Kier alpha value is -4.32. The van der Waals surface area contributed by atoms with E-state index in [2.05, 4.69) is 19.9 Å². The third-order valence-electron chi connectivity index (χ3n) is 8.66. The van der Waals surface area contributed by atoms with Gasteiger partial charge in [0.2, 0.25) is 0 Å². The molecular formula is C35H35NO5. The molecule has 6 heteroatoms. The molecule has 0 radical (unpaired) electrons. The van der Waals surface area contributed by atoms with Crippen molar-refractivity contribution in [2.75, 3.05) is 18.6 Å². The molecule has 0 saturated carbocycles. The van der Waals surface area contributed by atoms with Crippen molar-refractivity contribution in [1.82, 2.24) is 0 Å². The molecule has 3 aliphatic rings. The molecule has 1 spiro atoms. The normalized spacial score (nSPS) is 22.7. The van der Waals surface area contributed by atoms with Crippen LogP contribution in [0.1, 0.15) is 51.3 Å². The van der Waals surface area contributed by atoms with Crippen LogP contribution in [0.4, 0.5) is 10.5 Å². The zero-order chi connectivity index (χ0) is 29.2. The smallest absolute Gasteiger partial charge is 0.421 e. The van der Waals surface area contributed by atoms with Crippen LogP contribution < -0.4 is 9.64 Å². The summed E-state index contributed by atoms with van der Waals surface area (Å²) in [6.45, 7) is 10.1. The van der Waals surface area contributed by atoms with Gasteiger partial charge in [-0.25, -0.2) is 9.69 Å². The minimum atomic E-state index is -1.16. The first-order chi connectivity index (χ1) is 19.5. The number of nitrogens with zero attached hydrogens (tertiary/aromatic N) is 1. The van der Waals surface area contributed by atoms with Crippen LogP contribution >= 0.6 is 0 Å². The first-order valence-electron chi connectivity index (χ1n) is 14.0. The number of amides is 2. The van der Waals surface area contributed by atoms with E-state index in [1.54, 1.807) is 27.9 Å². The quantitative estimate of drug-likeness (QED) is 0.341. The van der Waals surface area contributed by atoms with E-state index in [0.29, 0.717) is 12.3 Å². The van der Waals surface area contributed by atoms with E-state index in [4.69, 9.17) is 14.2 Å². The van der Waals surface area contributed by atoms with E-state index in [9.17, 15) is 9.59 Å². The van der Waals surface area contributed by atoms with Crippen molar-refractivity contribution in [1.29, 1.82) is 0 Å². The molecule has 2 aliphatic heterocycles. The van der Waals surface area contributed by atoms with Crippen molar-refractivity contribution >= 4 is 29.0 Å². The highest BCUT2D eigenvalue weighted by Crippen LogP contribution is 2.66. The molecule has 2 heterocycles. The van der Waals surface area contributed by atoms with Crippen molar-refractivity contribution < 1.29 is 23.8 Å². The molecule has 41 heavy (non-hydrogen) atoms. The van der Waals surface area contributed by atoms with Gasteiger partial charge in [-0.05, 0) is 79.3 Å². The summed E-state index contributed by atoms with van der Waals surface area (Å²) >= 11 is 0. The number of anilines is 1. The monoisotopic (exact) mass is 549 g/mol. The fourth-order valence-corrected chi connectivity index (χ4v) is 6.79. The topological polar surface area (TPSA) is 65.1 Å². The SMILES string of the molecule is COc1ccc(C2=C3C=C(c4ccccc4)[C@@]4(C(=O)N(C(=O)OC(C)(C)C)c5ccccc54)C(C)(C)[C@H]3CO2)cc1. The van der Waals surface area contributed by atoms with E-state index >= 15 is 0 Å². The Morgan fingerprint density at radius 1 is 0.927 bits per heavy atom. The van der Waals surface area contributed by atoms with Gasteiger partial charge in [-0.2, -0.15) is 0 Å². The highest BCUT2D eigenvalue weighted by molar-refractivity contribution is 6.26. The van der Waals surface area contributed by atoms with E-state index in [0.717, 1.165) is 39.3 Å². The Morgan fingerprint density at radius 2 is 1.59 bits per heavy atom. The Morgan fingerprint density at radius 3 is 2.24 bits per heavy atom. The van der Waals surface area contributed by atoms with Gasteiger partial charge in [-0.15, -0.1) is 0 Å². The number of para-hydroxylation sites is 1. The third kappa shape index (κ3) is 3.91. The lowest BCUT2D eigenvalue weighted by molar-refractivity contribution is -0.125. The van der Waals surface area contributed by atoms with Crippen molar-refractivity contribution in [3.8, 4) is 5.75 Å². The predicted molar refractivity (Wildman–Crippen MR) is 159 cm³/mol. The number of carbonyl (C=O) groups excluding carboxylic acids is 2. The molecule has 0 bridgehead atoms. The van der Waals surface area contributed by atoms with Crippen molar-refractivity contribution in [3.63, 3.8) is 0 Å². The van der Waals surface area contributed by atoms with E-state index in [1.165, 1.54) is 4.90 Å². The lowest BCUT2D eigenvalue weighted by atomic mass is 9.49. The zero-order valence-electron chi connectivity index (χ0n) is 24.4. The molecule has 0 aromatic heterocycles. The van der Waals surface area contributed by atoms with Gasteiger partial charge in [0.05, 0.1) is 19.4 Å². The first kappa shape index (κ1) is 26.9. The Labute approximate surface area is 241 Å². The van der Waals surface area contributed by atoms with Crippen molar-refractivity contribution in [2.24, 2.45) is 11.3 Å². The lowest BCUT2D eigenvalue weighted by Gasteiger charge is -2.51. The molecule has 0 saturated heterocycles. The summed E-state index contributed by atoms with van der Waals surface area (Å²) in [6, 6.07) is 25.4. The molecule has 6 nitrogen and oxygen atoms in total. The van der Waals surface area contributed by atoms with Gasteiger partial charge in [0.1, 0.15) is 22.5 Å². The number of allylic oxidation sites excluding steroid dienone is 1. The highest BCUT2D eigenvalue weighted by atomic mass is 16.6. The number of rotatable bonds is 3. The van der Waals surface area contributed by atoms with Crippen LogP contribution in [0.15, 0.2) is 90.5 Å². The maximum atomic E-state index is 15.0. The molecule has 0 unspecified atom stereocenters. The third-order valence-corrected chi connectivity index (χ3v) is 8.66. The summed E-state index contributed by atoms with van der Waals surface area (Å²) in [5.41, 5.74) is 2.52. The van der Waals surface area contributed by atoms with Crippen molar-refractivity contribution in [2.45, 2.75) is 45.6 Å². The van der Waals surface area contributed by atoms with Gasteiger partial charge in [0.15, 0.2) is 0 Å². The number of methoxy groups -OCH3 is 1. The number of ether oxygens (including phenoxy) is 3. The van der Waals surface area contributed by atoms with Gasteiger partial charge < -0.3 is 14.2 Å². The first-order valence-corrected chi connectivity index (χ1v) is 14.0. The Bertz CT molecular complexity index is 1590. The summed E-state index contributed by atoms with van der Waals surface area (Å²) in [4.78, 5) is 29.9. The van der Waals surface area contributed by atoms with Crippen molar-refractivity contribution in [3.05, 3.63) is 107 Å². The van der Waals surface area contributed by atoms with Gasteiger partial charge in [-0.3, -0.25) is 4.79 Å². The second kappa shape index (κ2) is 9.37. The van der Waals surface area contributed by atoms with Crippen LogP contribution in [0.25, 0.3) is 11.3 Å². The standard InChI is InChI=1S/C35H35NO5/c1-33(2,3)41-32(38)36-29-15-11-10-14-26(29)35(31(36)37)27(22-12-8-7-9-13-22)20-25-28(34(35,4)5)21-40-30(25)23-16-18-24(39-6)19-17-23/h7-20,28H,21H2,1-6H3/t28-,35-/m0/s1. The van der Waals surface area contributed by atoms with E-state index in [1.807, 2.05) is 78.9 Å². The summed E-state index contributed by atoms with van der Waals surface area (Å²) in [5.74, 6) is 1.16. The van der Waals surface area contributed by atoms with Crippen LogP contribution in [0, 0.1) is 11.3 Å². The van der Waals surface area contributed by atoms with Crippen LogP contribution in [-0.4, -0.2) is 31.3 Å². The molecule has 3 aromatic carbocycles. The van der Waals surface area contributed by atoms with Gasteiger partial charge >= 0.3 is 6.09 Å². The summed E-state index contributed by atoms with van der Waals surface area (Å²) < 4.78 is 17.6. The minimum Gasteiger partial charge on any atom is -0.497 e. The van der Waals surface area contributed by atoms with Gasteiger partial charge in [0.25, 0.3) is 5.91 Å². The molecule has 2 amide bonds. The van der Waals surface area contributed by atoms with Crippen LogP contribution in [-0.2, 0) is 19.7 Å². The average Bonchev–Trinajstić information content (AvgIpc) is 3.49. The van der Waals surface area contributed by atoms with Crippen LogP contribution in [0.5, 0.6) is 5.75 Å². The Kier molecular flexibility index (Phi) is 6.14. The Balaban J connectivity index is 1.63. The predicted octanol–water partition coefficient (Wildman–Crippen LogP) is 7.40. The molecule has 6 rings (SSSR count). The number of hydrogen-bond donors (Lipinski definition) is 0. The number of carbonyl (C=O) groups is 2. The number of fused-ring (bicyclic) bond motifs is 3. The molecule has 1 aliphatic carbocycles. The summed E-state index contributed by atoms with van der Waals surface area (Å²) in [7, 11) is 1.65. The van der Waals surface area contributed by atoms with Gasteiger partial charge in [-0.1, -0.05) is 62.4 Å². The second-order valence-corrected chi connectivity index (χ2v) is 12.4.